The third kappa shape index (κ3) is 3.80. The van der Waals surface area contributed by atoms with Gasteiger partial charge in [0.1, 0.15) is 5.54 Å². The third-order valence-electron chi connectivity index (χ3n) is 4.08. The van der Waals surface area contributed by atoms with Gasteiger partial charge < -0.3 is 10.4 Å². The highest BCUT2D eigenvalue weighted by atomic mass is 32.2. The minimum atomic E-state index is -0.750. The van der Waals surface area contributed by atoms with Gasteiger partial charge in [-0.2, -0.15) is 5.10 Å². The number of nitrogens with zero attached hydrogens (tertiary/aromatic N) is 2. The lowest BCUT2D eigenvalue weighted by Crippen LogP contribution is -2.55. The number of hydrogen-bond acceptors (Lipinski definition) is 4. The molecule has 0 amide bonds. The highest BCUT2D eigenvalue weighted by molar-refractivity contribution is 7.99. The summed E-state index contributed by atoms with van der Waals surface area (Å²) >= 11 is 1.76. The summed E-state index contributed by atoms with van der Waals surface area (Å²) in [5.74, 6) is -0.706. The minimum absolute atomic E-state index is 0.328. The van der Waals surface area contributed by atoms with Crippen molar-refractivity contribution in [1.29, 1.82) is 0 Å². The first-order chi connectivity index (χ1) is 9.97. The van der Waals surface area contributed by atoms with E-state index in [1.165, 1.54) is 0 Å². The van der Waals surface area contributed by atoms with Crippen LogP contribution in [-0.4, -0.2) is 38.2 Å². The van der Waals surface area contributed by atoms with Crippen LogP contribution in [-0.2, 0) is 11.8 Å². The summed E-state index contributed by atoms with van der Waals surface area (Å²) in [6.07, 6.45) is 4.38. The quantitative estimate of drug-likeness (QED) is 0.845. The van der Waals surface area contributed by atoms with E-state index in [1.807, 2.05) is 18.7 Å². The summed E-state index contributed by atoms with van der Waals surface area (Å²) in [6.45, 7) is 4.81. The Kier molecular flexibility index (Phi) is 5.32. The fraction of sp³-hybridized carbons (Fsp3) is 0.733. The van der Waals surface area contributed by atoms with Gasteiger partial charge >= 0.3 is 5.97 Å². The Morgan fingerprint density at radius 1 is 1.67 bits per heavy atom. The molecule has 1 saturated carbocycles. The molecular formula is C15H25N3O2S. The molecule has 0 saturated heterocycles. The van der Waals surface area contributed by atoms with Crippen molar-refractivity contribution < 1.29 is 9.90 Å². The molecule has 0 aromatic carbocycles. The fourth-order valence-electron chi connectivity index (χ4n) is 2.99. The van der Waals surface area contributed by atoms with E-state index in [1.54, 1.807) is 11.8 Å². The first-order valence-corrected chi connectivity index (χ1v) is 8.50. The van der Waals surface area contributed by atoms with Crippen molar-refractivity contribution in [1.82, 2.24) is 15.1 Å². The van der Waals surface area contributed by atoms with Crippen LogP contribution < -0.4 is 5.32 Å². The Morgan fingerprint density at radius 2 is 2.43 bits per heavy atom. The Labute approximate surface area is 130 Å². The van der Waals surface area contributed by atoms with E-state index >= 15 is 0 Å². The van der Waals surface area contributed by atoms with Gasteiger partial charge in [-0.25, -0.2) is 0 Å². The topological polar surface area (TPSA) is 67.2 Å². The van der Waals surface area contributed by atoms with Gasteiger partial charge in [-0.05, 0) is 51.6 Å². The van der Waals surface area contributed by atoms with Crippen LogP contribution in [0.5, 0.6) is 0 Å². The molecule has 21 heavy (non-hydrogen) atoms. The van der Waals surface area contributed by atoms with Crippen LogP contribution in [0, 0.1) is 6.92 Å². The molecule has 1 aliphatic rings. The van der Waals surface area contributed by atoms with Gasteiger partial charge in [0.15, 0.2) is 0 Å². The van der Waals surface area contributed by atoms with Crippen molar-refractivity contribution in [2.24, 2.45) is 7.05 Å². The highest BCUT2D eigenvalue weighted by Crippen LogP contribution is 2.38. The Morgan fingerprint density at radius 3 is 3.00 bits per heavy atom. The standard InChI is InChI=1S/C15H25N3O2S/c1-4-8-16-15(14(19)20)7-5-6-12(10-15)21-13-9-11(2)17-18(13)3/h9,12,16H,4-8,10H2,1-3H3,(H,19,20). The summed E-state index contributed by atoms with van der Waals surface area (Å²) in [4.78, 5) is 11.8. The van der Waals surface area contributed by atoms with Crippen LogP contribution in [0.15, 0.2) is 11.1 Å². The van der Waals surface area contributed by atoms with Crippen molar-refractivity contribution >= 4 is 17.7 Å². The number of aryl methyl sites for hydroxylation is 2. The number of carboxylic acid groups (broad SMARTS) is 1. The fourth-order valence-corrected chi connectivity index (χ4v) is 4.41. The monoisotopic (exact) mass is 311 g/mol. The zero-order chi connectivity index (χ0) is 15.5. The molecule has 1 aliphatic carbocycles. The molecule has 2 rings (SSSR count). The summed E-state index contributed by atoms with van der Waals surface area (Å²) in [5, 5.41) is 18.8. The molecule has 118 valence electrons. The normalized spacial score (nSPS) is 26.0. The summed E-state index contributed by atoms with van der Waals surface area (Å²) in [6, 6.07) is 2.07. The van der Waals surface area contributed by atoms with Gasteiger partial charge in [-0.1, -0.05) is 6.92 Å². The smallest absolute Gasteiger partial charge is 0.323 e. The van der Waals surface area contributed by atoms with E-state index in [-0.39, 0.29) is 0 Å². The van der Waals surface area contributed by atoms with E-state index in [0.717, 1.165) is 42.9 Å². The molecule has 0 bridgehead atoms. The minimum Gasteiger partial charge on any atom is -0.480 e. The van der Waals surface area contributed by atoms with Gasteiger partial charge in [0.25, 0.3) is 0 Å². The maximum Gasteiger partial charge on any atom is 0.323 e. The molecule has 1 heterocycles. The molecule has 0 spiro atoms. The largest absolute Gasteiger partial charge is 0.480 e. The lowest BCUT2D eigenvalue weighted by atomic mass is 9.81. The zero-order valence-corrected chi connectivity index (χ0v) is 13.9. The van der Waals surface area contributed by atoms with Gasteiger partial charge in [0.2, 0.25) is 0 Å². The number of aliphatic carboxylic acids is 1. The molecular weight excluding hydrogens is 286 g/mol. The van der Waals surface area contributed by atoms with Crippen LogP contribution in [0.25, 0.3) is 0 Å². The highest BCUT2D eigenvalue weighted by Gasteiger charge is 2.42. The van der Waals surface area contributed by atoms with E-state index < -0.39 is 11.5 Å². The molecule has 1 aromatic rings. The van der Waals surface area contributed by atoms with Gasteiger partial charge in [-0.15, -0.1) is 11.8 Å². The van der Waals surface area contributed by atoms with Crippen LogP contribution >= 0.6 is 11.8 Å². The molecule has 5 nitrogen and oxygen atoms in total. The Balaban J connectivity index is 2.08. The Bertz CT molecular complexity index is 503. The molecule has 0 radical (unpaired) electrons. The average Bonchev–Trinajstić information content (AvgIpc) is 2.75. The predicted molar refractivity (Wildman–Crippen MR) is 84.7 cm³/mol. The lowest BCUT2D eigenvalue weighted by molar-refractivity contribution is -0.146. The number of aromatic nitrogens is 2. The van der Waals surface area contributed by atoms with Crippen molar-refractivity contribution in [3.63, 3.8) is 0 Å². The summed E-state index contributed by atoms with van der Waals surface area (Å²) < 4.78 is 1.89. The van der Waals surface area contributed by atoms with Gasteiger partial charge in [-0.3, -0.25) is 9.48 Å². The lowest BCUT2D eigenvalue weighted by Gasteiger charge is -2.38. The first kappa shape index (κ1) is 16.4. The van der Waals surface area contributed by atoms with Crippen LogP contribution in [0.2, 0.25) is 0 Å². The van der Waals surface area contributed by atoms with Crippen LogP contribution in [0.3, 0.4) is 0 Å². The van der Waals surface area contributed by atoms with Crippen molar-refractivity contribution in [2.45, 2.75) is 61.8 Å². The van der Waals surface area contributed by atoms with Crippen molar-refractivity contribution in [2.75, 3.05) is 6.54 Å². The molecule has 2 unspecified atom stereocenters. The van der Waals surface area contributed by atoms with E-state index in [0.29, 0.717) is 11.7 Å². The van der Waals surface area contributed by atoms with Crippen molar-refractivity contribution in [3.8, 4) is 0 Å². The summed E-state index contributed by atoms with van der Waals surface area (Å²) in [5.41, 5.74) is 0.254. The second-order valence-corrected chi connectivity index (χ2v) is 7.22. The predicted octanol–water partition coefficient (Wildman–Crippen LogP) is 2.59. The maximum absolute atomic E-state index is 11.8. The zero-order valence-electron chi connectivity index (χ0n) is 13.1. The number of carboxylic acids is 1. The molecule has 6 heteroatoms. The van der Waals surface area contributed by atoms with Crippen molar-refractivity contribution in [3.05, 3.63) is 11.8 Å². The van der Waals surface area contributed by atoms with Gasteiger partial charge in [0, 0.05) is 12.3 Å². The van der Waals surface area contributed by atoms with E-state index in [4.69, 9.17) is 0 Å². The molecule has 2 atom stereocenters. The van der Waals surface area contributed by atoms with E-state index in [9.17, 15) is 9.90 Å². The number of rotatable bonds is 6. The Hall–Kier alpha value is -1.01. The third-order valence-corrected chi connectivity index (χ3v) is 5.43. The number of thioether (sulfide) groups is 1. The maximum atomic E-state index is 11.8. The number of carbonyl (C=O) groups is 1. The first-order valence-electron chi connectivity index (χ1n) is 7.62. The summed E-state index contributed by atoms with van der Waals surface area (Å²) in [7, 11) is 1.94. The van der Waals surface area contributed by atoms with Gasteiger partial charge in [0.05, 0.1) is 10.7 Å². The molecule has 1 aromatic heterocycles. The number of nitrogens with one attached hydrogen (secondary N) is 1. The SMILES string of the molecule is CCCNC1(C(=O)O)CCCC(Sc2cc(C)nn2C)C1. The second-order valence-electron chi connectivity index (χ2n) is 5.90. The van der Waals surface area contributed by atoms with E-state index in [2.05, 4.69) is 23.4 Å². The van der Waals surface area contributed by atoms with Crippen LogP contribution in [0.1, 0.15) is 44.7 Å². The average molecular weight is 311 g/mol. The molecule has 0 aliphatic heterocycles. The molecule has 2 N–H and O–H groups in total. The number of hydrogen-bond donors (Lipinski definition) is 2. The second kappa shape index (κ2) is 6.83. The van der Waals surface area contributed by atoms with Crippen LogP contribution in [0.4, 0.5) is 0 Å². The molecule has 1 fully saturated rings.